The molecule has 0 spiro atoms. The number of fused-ring (bicyclic) bond motifs is 1. The third kappa shape index (κ3) is 2.11. The molecule has 0 saturated carbocycles. The van der Waals surface area contributed by atoms with Crippen LogP contribution in [0.1, 0.15) is 29.8 Å². The quantitative estimate of drug-likeness (QED) is 0.657. The molecule has 0 aromatic heterocycles. The van der Waals surface area contributed by atoms with Crippen molar-refractivity contribution in [2.45, 2.75) is 23.9 Å². The molecule has 1 heteroatoms. The van der Waals surface area contributed by atoms with Crippen LogP contribution in [0.2, 0.25) is 5.28 Å². The lowest BCUT2D eigenvalue weighted by molar-refractivity contribution is 0.727. The topological polar surface area (TPSA) is 0 Å². The first-order chi connectivity index (χ1) is 6.77. The molecule has 1 aliphatic rings. The van der Waals surface area contributed by atoms with Crippen molar-refractivity contribution in [2.24, 2.45) is 5.92 Å². The molecule has 0 fully saturated rings. The Labute approximate surface area is 92.7 Å². The Balaban J connectivity index is 2.07. The molecule has 0 N–H and O–H groups in total. The molecule has 1 unspecified atom stereocenters. The third-order valence-electron chi connectivity index (χ3n) is 2.96. The van der Waals surface area contributed by atoms with E-state index in [1.807, 2.05) is 0 Å². The number of benzene rings is 1. The normalized spacial score (nSPS) is 18.6. The van der Waals surface area contributed by atoms with Gasteiger partial charge in [-0.15, -0.1) is 0 Å². The van der Waals surface area contributed by atoms with Gasteiger partial charge in [0.2, 0.25) is 0 Å². The van der Waals surface area contributed by atoms with Crippen LogP contribution in [0.25, 0.3) is 6.08 Å². The Morgan fingerprint density at radius 2 is 2.07 bits per heavy atom. The van der Waals surface area contributed by atoms with Gasteiger partial charge in [-0.05, 0) is 15.9 Å². The number of hydrogen-bond acceptors (Lipinski definition) is 0. The van der Waals surface area contributed by atoms with Gasteiger partial charge in [-0.1, -0.05) is 61.5 Å². The van der Waals surface area contributed by atoms with E-state index in [-0.39, 0.29) is 15.2 Å². The molecule has 72 valence electrons. The summed E-state index contributed by atoms with van der Waals surface area (Å²) in [6.45, 7) is 4.66. The van der Waals surface area contributed by atoms with E-state index < -0.39 is 0 Å². The van der Waals surface area contributed by atoms with Crippen LogP contribution in [0, 0.1) is 5.92 Å². The summed E-state index contributed by atoms with van der Waals surface area (Å²) in [7, 11) is 0. The Morgan fingerprint density at radius 3 is 2.86 bits per heavy atom. The first kappa shape index (κ1) is 10.0. The van der Waals surface area contributed by atoms with Gasteiger partial charge in [-0.2, -0.15) is 0 Å². The van der Waals surface area contributed by atoms with Crippen molar-refractivity contribution in [2.75, 3.05) is 0 Å². The van der Waals surface area contributed by atoms with Crippen LogP contribution in [0.3, 0.4) is 0 Å². The van der Waals surface area contributed by atoms with Crippen LogP contribution < -0.4 is 0 Å². The first-order valence-electron chi connectivity index (χ1n) is 5.54. The average Bonchev–Trinajstić information content (AvgIpc) is 2.58. The van der Waals surface area contributed by atoms with Crippen molar-refractivity contribution in [3.8, 4) is 0 Å². The van der Waals surface area contributed by atoms with Crippen LogP contribution in [0.15, 0.2) is 30.3 Å². The molecule has 0 heterocycles. The van der Waals surface area contributed by atoms with Gasteiger partial charge in [0, 0.05) is 0 Å². The molecule has 0 saturated heterocycles. The van der Waals surface area contributed by atoms with Crippen molar-refractivity contribution < 1.29 is 0 Å². The van der Waals surface area contributed by atoms with Crippen molar-refractivity contribution in [3.05, 3.63) is 41.5 Å². The van der Waals surface area contributed by atoms with Gasteiger partial charge in [0.15, 0.2) is 0 Å². The predicted molar refractivity (Wildman–Crippen MR) is 65.0 cm³/mol. The number of allylic oxidation sites excluding steroid dienone is 1. The summed E-state index contributed by atoms with van der Waals surface area (Å²) in [6, 6.07) is 8.83. The van der Waals surface area contributed by atoms with Crippen LogP contribution in [-0.4, -0.2) is 15.2 Å². The molecule has 14 heavy (non-hydrogen) atoms. The minimum Gasteiger partial charge on any atom is -0.0940 e. The maximum atomic E-state index is 2.42. The summed E-state index contributed by atoms with van der Waals surface area (Å²) >= 11 is 0.0448. The molecule has 2 rings (SSSR count). The van der Waals surface area contributed by atoms with Gasteiger partial charge in [0.1, 0.15) is 0 Å². The lowest BCUT2D eigenvalue weighted by Crippen LogP contribution is -2.06. The predicted octanol–water partition coefficient (Wildman–Crippen LogP) is 3.27. The van der Waals surface area contributed by atoms with Crippen LogP contribution in [-0.2, 0) is 0 Å². The van der Waals surface area contributed by atoms with E-state index in [4.69, 9.17) is 0 Å². The minimum atomic E-state index is 0.0448. The van der Waals surface area contributed by atoms with Crippen molar-refractivity contribution in [3.63, 3.8) is 0 Å². The van der Waals surface area contributed by atoms with Gasteiger partial charge in [-0.3, -0.25) is 0 Å². The zero-order valence-electron chi connectivity index (χ0n) is 9.03. The second-order valence-electron chi connectivity index (χ2n) is 4.57. The second-order valence-corrected chi connectivity index (χ2v) is 6.60. The summed E-state index contributed by atoms with van der Waals surface area (Å²) in [4.78, 5) is 0. The molecule has 0 nitrogen and oxygen atoms in total. The maximum absolute atomic E-state index is 2.42. The summed E-state index contributed by atoms with van der Waals surface area (Å²) in [5.74, 6) is 0.878. The van der Waals surface area contributed by atoms with Gasteiger partial charge >= 0.3 is 0 Å². The highest BCUT2D eigenvalue weighted by Gasteiger charge is 2.18. The standard InChI is InChI=1S/C9H7.C4H9.Al.H/c1-2-5-9-7-3-6-8(9)4-1;1-4(2)3;;/h1-7H;4H,1H2,2-3H3;;. The molecule has 1 aromatic rings. The summed E-state index contributed by atoms with van der Waals surface area (Å²) in [6.07, 6.45) is 4.71. The highest BCUT2D eigenvalue weighted by Crippen LogP contribution is 2.29. The molecule has 0 amide bonds. The van der Waals surface area contributed by atoms with E-state index in [0.717, 1.165) is 10.7 Å². The van der Waals surface area contributed by atoms with Crippen LogP contribution in [0.5, 0.6) is 0 Å². The van der Waals surface area contributed by atoms with Gasteiger partial charge in [0.05, 0.1) is 0 Å². The van der Waals surface area contributed by atoms with Crippen LogP contribution >= 0.6 is 0 Å². The summed E-state index contributed by atoms with van der Waals surface area (Å²) in [5.41, 5.74) is 3.04. The Morgan fingerprint density at radius 1 is 1.29 bits per heavy atom. The zero-order chi connectivity index (χ0) is 9.97. The molecule has 1 aromatic carbocycles. The lowest BCUT2D eigenvalue weighted by Gasteiger charge is -2.10. The van der Waals surface area contributed by atoms with Gasteiger partial charge in [-0.25, -0.2) is 0 Å². The van der Waals surface area contributed by atoms with Crippen molar-refractivity contribution >= 4 is 21.3 Å². The second kappa shape index (κ2) is 4.34. The molecule has 0 aliphatic heterocycles. The van der Waals surface area contributed by atoms with E-state index in [9.17, 15) is 0 Å². The molecule has 0 radical (unpaired) electrons. The summed E-state index contributed by atoms with van der Waals surface area (Å²) in [5, 5.41) is 1.46. The van der Waals surface area contributed by atoms with E-state index >= 15 is 0 Å². The first-order valence-corrected chi connectivity index (χ1v) is 7.36. The largest absolute Gasteiger partial charge is 0.253 e. The lowest BCUT2D eigenvalue weighted by atomic mass is 10.1. The molecule has 0 bridgehead atoms. The van der Waals surface area contributed by atoms with E-state index in [1.165, 1.54) is 10.8 Å². The zero-order valence-corrected chi connectivity index (χ0v) is 10.4. The van der Waals surface area contributed by atoms with E-state index in [1.54, 1.807) is 5.56 Å². The van der Waals surface area contributed by atoms with E-state index in [2.05, 4.69) is 50.3 Å². The molecular formula is C13H17Al. The van der Waals surface area contributed by atoms with Crippen LogP contribution in [0.4, 0.5) is 0 Å². The van der Waals surface area contributed by atoms with Gasteiger partial charge in [0.25, 0.3) is 15.2 Å². The molecule has 1 aliphatic carbocycles. The minimum absolute atomic E-state index is 0.0448. The fourth-order valence-corrected chi connectivity index (χ4v) is 4.13. The fourth-order valence-electron chi connectivity index (χ4n) is 2.09. The average molecular weight is 200 g/mol. The Hall–Kier alpha value is -0.508. The fraction of sp³-hybridized carbons (Fsp3) is 0.385. The highest BCUT2D eigenvalue weighted by atomic mass is 27.1. The Bertz CT molecular complexity index is 339. The van der Waals surface area contributed by atoms with Crippen molar-refractivity contribution in [1.29, 1.82) is 0 Å². The van der Waals surface area contributed by atoms with E-state index in [0.29, 0.717) is 0 Å². The number of rotatable bonds is 3. The Kier molecular flexibility index (Phi) is 3.11. The molecule has 1 atom stereocenters. The smallest absolute Gasteiger partial charge is 0.0940 e. The molecular weight excluding hydrogens is 183 g/mol. The SMILES string of the molecule is CC(C)[CH2][AlH][CH]1C=Cc2ccccc21. The maximum Gasteiger partial charge on any atom is 0.253 e. The summed E-state index contributed by atoms with van der Waals surface area (Å²) < 4.78 is 0.814. The van der Waals surface area contributed by atoms with Crippen molar-refractivity contribution in [1.82, 2.24) is 0 Å². The number of hydrogen-bond donors (Lipinski definition) is 0. The monoisotopic (exact) mass is 200 g/mol. The van der Waals surface area contributed by atoms with Gasteiger partial charge < -0.3 is 0 Å². The third-order valence-corrected chi connectivity index (χ3v) is 5.78. The highest BCUT2D eigenvalue weighted by molar-refractivity contribution is 6.39.